The molecule has 82 valence electrons. The van der Waals surface area contributed by atoms with Crippen molar-refractivity contribution in [1.82, 2.24) is 4.98 Å². The molecular weight excluding hydrogens is 222 g/mol. The predicted molar refractivity (Wildman–Crippen MR) is 67.4 cm³/mol. The largest absolute Gasteiger partial charge is 0.397 e. The second-order valence-corrected chi connectivity index (χ2v) is 3.87. The Morgan fingerprint density at radius 1 is 1.31 bits per heavy atom. The molecule has 1 heterocycles. The zero-order valence-corrected chi connectivity index (χ0v) is 9.41. The number of hydrogen-bond donors (Lipinski definition) is 2. The van der Waals surface area contributed by atoms with Gasteiger partial charge in [0.2, 0.25) is 0 Å². The van der Waals surface area contributed by atoms with Crippen LogP contribution in [0.4, 0.5) is 11.4 Å². The zero-order valence-electron chi connectivity index (χ0n) is 8.65. The van der Waals surface area contributed by atoms with Crippen molar-refractivity contribution in [3.63, 3.8) is 0 Å². The lowest BCUT2D eigenvalue weighted by Gasteiger charge is -2.08. The molecule has 0 saturated heterocycles. The van der Waals surface area contributed by atoms with E-state index >= 15 is 0 Å². The lowest BCUT2D eigenvalue weighted by atomic mass is 10.2. The molecule has 0 atom stereocenters. The Morgan fingerprint density at radius 2 is 2.19 bits per heavy atom. The minimum atomic E-state index is 0.661. The smallest absolute Gasteiger partial charge is 0.0551 e. The molecule has 0 unspecified atom stereocenters. The first-order valence-corrected chi connectivity index (χ1v) is 5.31. The summed E-state index contributed by atoms with van der Waals surface area (Å²) in [6.07, 6.45) is 3.38. The molecule has 0 radical (unpaired) electrons. The second-order valence-electron chi connectivity index (χ2n) is 3.44. The first-order chi connectivity index (χ1) is 7.75. The molecule has 4 heteroatoms. The van der Waals surface area contributed by atoms with Crippen molar-refractivity contribution in [1.29, 1.82) is 0 Å². The van der Waals surface area contributed by atoms with Crippen LogP contribution in [0, 0.1) is 0 Å². The molecule has 0 saturated carbocycles. The number of halogens is 1. The highest BCUT2D eigenvalue weighted by Crippen LogP contribution is 2.17. The molecule has 0 bridgehead atoms. The van der Waals surface area contributed by atoms with Crippen LogP contribution in [0.25, 0.3) is 0 Å². The van der Waals surface area contributed by atoms with Gasteiger partial charge < -0.3 is 11.1 Å². The molecule has 2 aromatic rings. The van der Waals surface area contributed by atoms with Crippen LogP contribution >= 0.6 is 11.6 Å². The summed E-state index contributed by atoms with van der Waals surface area (Å²) in [7, 11) is 0. The number of nitrogen functional groups attached to an aromatic ring is 1. The van der Waals surface area contributed by atoms with Crippen LogP contribution in [-0.2, 0) is 6.54 Å². The van der Waals surface area contributed by atoms with E-state index < -0.39 is 0 Å². The standard InChI is InChI=1S/C12H12ClN3/c13-10-2-1-3-11(6-10)16-7-9-4-5-15-8-12(9)14/h1-6,8,16H,7,14H2. The Hall–Kier alpha value is -1.74. The number of hydrogen-bond acceptors (Lipinski definition) is 3. The first kappa shape index (κ1) is 10.8. The van der Waals surface area contributed by atoms with Gasteiger partial charge in [-0.15, -0.1) is 0 Å². The summed E-state index contributed by atoms with van der Waals surface area (Å²) in [5.41, 5.74) is 8.48. The Bertz CT molecular complexity index is 485. The van der Waals surface area contributed by atoms with Gasteiger partial charge in [-0.05, 0) is 29.8 Å². The van der Waals surface area contributed by atoms with Crippen LogP contribution < -0.4 is 11.1 Å². The van der Waals surface area contributed by atoms with E-state index in [-0.39, 0.29) is 0 Å². The van der Waals surface area contributed by atoms with Gasteiger partial charge in [-0.2, -0.15) is 0 Å². The summed E-state index contributed by atoms with van der Waals surface area (Å²) >= 11 is 5.88. The van der Waals surface area contributed by atoms with Crippen molar-refractivity contribution < 1.29 is 0 Å². The molecule has 0 spiro atoms. The SMILES string of the molecule is Nc1cnccc1CNc1cccc(Cl)c1. The Balaban J connectivity index is 2.05. The van der Waals surface area contributed by atoms with Gasteiger partial charge in [0, 0.05) is 23.5 Å². The van der Waals surface area contributed by atoms with Gasteiger partial charge >= 0.3 is 0 Å². The van der Waals surface area contributed by atoms with Gasteiger partial charge in [-0.1, -0.05) is 17.7 Å². The molecule has 0 aliphatic heterocycles. The highest BCUT2D eigenvalue weighted by molar-refractivity contribution is 6.30. The Kier molecular flexibility index (Phi) is 3.27. The molecule has 0 aliphatic carbocycles. The molecule has 0 amide bonds. The van der Waals surface area contributed by atoms with Crippen molar-refractivity contribution in [2.45, 2.75) is 6.54 Å². The van der Waals surface area contributed by atoms with Crippen molar-refractivity contribution in [3.8, 4) is 0 Å². The van der Waals surface area contributed by atoms with Gasteiger partial charge in [-0.3, -0.25) is 4.98 Å². The average Bonchev–Trinajstić information content (AvgIpc) is 2.28. The van der Waals surface area contributed by atoms with Crippen molar-refractivity contribution >= 4 is 23.0 Å². The molecule has 0 aliphatic rings. The molecule has 1 aromatic carbocycles. The molecule has 0 fully saturated rings. The highest BCUT2D eigenvalue weighted by Gasteiger charge is 1.98. The van der Waals surface area contributed by atoms with Crippen LogP contribution in [0.2, 0.25) is 5.02 Å². The summed E-state index contributed by atoms with van der Waals surface area (Å²) in [4.78, 5) is 3.94. The van der Waals surface area contributed by atoms with E-state index in [2.05, 4.69) is 10.3 Å². The number of anilines is 2. The zero-order chi connectivity index (χ0) is 11.4. The van der Waals surface area contributed by atoms with Gasteiger partial charge in [0.25, 0.3) is 0 Å². The van der Waals surface area contributed by atoms with E-state index in [1.54, 1.807) is 12.4 Å². The monoisotopic (exact) mass is 233 g/mol. The number of rotatable bonds is 3. The van der Waals surface area contributed by atoms with E-state index in [9.17, 15) is 0 Å². The van der Waals surface area contributed by atoms with Crippen LogP contribution in [-0.4, -0.2) is 4.98 Å². The summed E-state index contributed by atoms with van der Waals surface area (Å²) in [6.45, 7) is 0.661. The fourth-order valence-electron chi connectivity index (χ4n) is 1.39. The normalized spacial score (nSPS) is 10.1. The number of aromatic nitrogens is 1. The third-order valence-electron chi connectivity index (χ3n) is 2.25. The lowest BCUT2D eigenvalue weighted by Crippen LogP contribution is -2.03. The maximum atomic E-state index is 5.88. The van der Waals surface area contributed by atoms with E-state index in [0.29, 0.717) is 17.3 Å². The third kappa shape index (κ3) is 2.64. The topological polar surface area (TPSA) is 50.9 Å². The fourth-order valence-corrected chi connectivity index (χ4v) is 1.58. The summed E-state index contributed by atoms with van der Waals surface area (Å²) in [5.74, 6) is 0. The maximum Gasteiger partial charge on any atom is 0.0551 e. The number of nitrogens with zero attached hydrogens (tertiary/aromatic N) is 1. The van der Waals surface area contributed by atoms with Crippen molar-refractivity contribution in [3.05, 3.63) is 53.3 Å². The number of nitrogens with two attached hydrogens (primary N) is 1. The Labute approximate surface area is 99.3 Å². The molecule has 3 N–H and O–H groups in total. The van der Waals surface area contributed by atoms with Crippen LogP contribution in [0.15, 0.2) is 42.7 Å². The van der Waals surface area contributed by atoms with Crippen LogP contribution in [0.5, 0.6) is 0 Å². The maximum absolute atomic E-state index is 5.88. The van der Waals surface area contributed by atoms with Gasteiger partial charge in [0.15, 0.2) is 0 Å². The van der Waals surface area contributed by atoms with E-state index in [1.165, 1.54) is 0 Å². The lowest BCUT2D eigenvalue weighted by molar-refractivity contribution is 1.13. The van der Waals surface area contributed by atoms with Crippen LogP contribution in [0.1, 0.15) is 5.56 Å². The van der Waals surface area contributed by atoms with Gasteiger partial charge in [0.05, 0.1) is 11.9 Å². The average molecular weight is 234 g/mol. The van der Waals surface area contributed by atoms with E-state index in [1.807, 2.05) is 30.3 Å². The minimum Gasteiger partial charge on any atom is -0.397 e. The first-order valence-electron chi connectivity index (χ1n) is 4.93. The Morgan fingerprint density at radius 3 is 2.94 bits per heavy atom. The minimum absolute atomic E-state index is 0.661. The van der Waals surface area contributed by atoms with Gasteiger partial charge in [0.1, 0.15) is 0 Å². The van der Waals surface area contributed by atoms with E-state index in [0.717, 1.165) is 11.3 Å². The third-order valence-corrected chi connectivity index (χ3v) is 2.49. The van der Waals surface area contributed by atoms with Crippen molar-refractivity contribution in [2.24, 2.45) is 0 Å². The van der Waals surface area contributed by atoms with Crippen molar-refractivity contribution in [2.75, 3.05) is 11.1 Å². The molecule has 1 aromatic heterocycles. The summed E-state index contributed by atoms with van der Waals surface area (Å²) < 4.78 is 0. The summed E-state index contributed by atoms with van der Waals surface area (Å²) in [6, 6.07) is 9.48. The van der Waals surface area contributed by atoms with Gasteiger partial charge in [-0.25, -0.2) is 0 Å². The number of nitrogens with one attached hydrogen (secondary N) is 1. The molecular formula is C12H12ClN3. The van der Waals surface area contributed by atoms with Crippen LogP contribution in [0.3, 0.4) is 0 Å². The molecule has 16 heavy (non-hydrogen) atoms. The fraction of sp³-hybridized carbons (Fsp3) is 0.0833. The predicted octanol–water partition coefficient (Wildman–Crippen LogP) is 2.93. The number of pyridine rings is 1. The highest BCUT2D eigenvalue weighted by atomic mass is 35.5. The number of benzene rings is 1. The quantitative estimate of drug-likeness (QED) is 0.857. The molecule has 3 nitrogen and oxygen atoms in total. The molecule has 2 rings (SSSR count). The second kappa shape index (κ2) is 4.86. The van der Waals surface area contributed by atoms with E-state index in [4.69, 9.17) is 17.3 Å². The summed E-state index contributed by atoms with van der Waals surface area (Å²) in [5, 5.41) is 3.97.